The highest BCUT2D eigenvalue weighted by Crippen LogP contribution is 2.28. The van der Waals surface area contributed by atoms with Crippen LogP contribution in [0.2, 0.25) is 0 Å². The van der Waals surface area contributed by atoms with Gasteiger partial charge in [-0.3, -0.25) is 14.9 Å². The molecule has 1 atom stereocenters. The second-order valence-corrected chi connectivity index (χ2v) is 9.37. The van der Waals surface area contributed by atoms with Gasteiger partial charge in [-0.2, -0.15) is 0 Å². The minimum absolute atomic E-state index is 0.472. The van der Waals surface area contributed by atoms with Crippen molar-refractivity contribution in [2.45, 2.75) is 19.4 Å². The third kappa shape index (κ3) is 5.05. The zero-order valence-corrected chi connectivity index (χ0v) is 19.9. The summed E-state index contributed by atoms with van der Waals surface area (Å²) in [7, 11) is 1.77. The molecule has 2 aliphatic rings. The Kier molecular flexibility index (Phi) is 6.61. The van der Waals surface area contributed by atoms with Crippen LogP contribution < -0.4 is 5.32 Å². The van der Waals surface area contributed by atoms with Crippen LogP contribution in [0.3, 0.4) is 0 Å². The first-order valence-electron chi connectivity index (χ1n) is 11.4. The topological polar surface area (TPSA) is 78.8 Å². The van der Waals surface area contributed by atoms with E-state index in [2.05, 4.69) is 33.1 Å². The summed E-state index contributed by atoms with van der Waals surface area (Å²) in [6.45, 7) is 8.04. The Morgan fingerprint density at radius 1 is 1.15 bits per heavy atom. The summed E-state index contributed by atoms with van der Waals surface area (Å²) in [6.07, 6.45) is 6.73. The highest BCUT2D eigenvalue weighted by molar-refractivity contribution is 7.22. The van der Waals surface area contributed by atoms with E-state index in [1.807, 2.05) is 24.3 Å². The molecule has 0 radical (unpaired) electrons. The van der Waals surface area contributed by atoms with Crippen LogP contribution in [0.1, 0.15) is 13.3 Å². The molecule has 5 heterocycles. The SMILES string of the molecule is COCCN1CCN(C2=CC(Nc3nc4ccc(-c5ccncc5)nc4s3)=NCC2)[C@@H](C)C1. The first-order valence-corrected chi connectivity index (χ1v) is 12.2. The van der Waals surface area contributed by atoms with E-state index in [4.69, 9.17) is 19.7 Å². The lowest BCUT2D eigenvalue weighted by Gasteiger charge is -2.42. The Morgan fingerprint density at radius 3 is 2.85 bits per heavy atom. The second-order valence-electron chi connectivity index (χ2n) is 8.39. The van der Waals surface area contributed by atoms with E-state index in [9.17, 15) is 0 Å². The van der Waals surface area contributed by atoms with Gasteiger partial charge in [-0.25, -0.2) is 9.97 Å². The van der Waals surface area contributed by atoms with Crippen molar-refractivity contribution in [3.8, 4) is 11.3 Å². The molecule has 9 heteroatoms. The van der Waals surface area contributed by atoms with E-state index in [-0.39, 0.29) is 0 Å². The minimum Gasteiger partial charge on any atom is -0.383 e. The van der Waals surface area contributed by atoms with Gasteiger partial charge in [0.15, 0.2) is 5.13 Å². The monoisotopic (exact) mass is 463 g/mol. The molecular formula is C24H29N7OS. The lowest BCUT2D eigenvalue weighted by atomic mass is 10.1. The maximum Gasteiger partial charge on any atom is 0.190 e. The lowest BCUT2D eigenvalue weighted by Crippen LogP contribution is -2.52. The number of ether oxygens (including phenoxy) is 1. The molecule has 3 aromatic rings. The minimum atomic E-state index is 0.472. The molecule has 2 aliphatic heterocycles. The van der Waals surface area contributed by atoms with Crippen LogP contribution in [0.15, 0.2) is 53.4 Å². The molecule has 8 nitrogen and oxygen atoms in total. The van der Waals surface area contributed by atoms with Gasteiger partial charge in [-0.15, -0.1) is 0 Å². The number of thiazole rings is 1. The van der Waals surface area contributed by atoms with E-state index < -0.39 is 0 Å². The molecule has 3 aromatic heterocycles. The first-order chi connectivity index (χ1) is 16.2. The largest absolute Gasteiger partial charge is 0.383 e. The van der Waals surface area contributed by atoms with E-state index in [1.165, 1.54) is 5.70 Å². The van der Waals surface area contributed by atoms with Crippen molar-refractivity contribution in [1.82, 2.24) is 24.8 Å². The molecule has 5 rings (SSSR count). The lowest BCUT2D eigenvalue weighted by molar-refractivity contribution is 0.0800. The Bertz CT molecular complexity index is 1160. The van der Waals surface area contributed by atoms with Crippen molar-refractivity contribution in [3.63, 3.8) is 0 Å². The molecule has 33 heavy (non-hydrogen) atoms. The Hall–Kier alpha value is -2.88. The van der Waals surface area contributed by atoms with Crippen LogP contribution >= 0.6 is 11.3 Å². The summed E-state index contributed by atoms with van der Waals surface area (Å²) in [4.78, 5) is 24.2. The van der Waals surface area contributed by atoms with Crippen LogP contribution in [0, 0.1) is 0 Å². The molecule has 1 fully saturated rings. The number of aromatic nitrogens is 3. The molecule has 0 bridgehead atoms. The molecular weight excluding hydrogens is 434 g/mol. The number of hydrogen-bond acceptors (Lipinski definition) is 9. The molecule has 0 aliphatic carbocycles. The number of hydrogen-bond donors (Lipinski definition) is 1. The van der Waals surface area contributed by atoms with Gasteiger partial charge in [0.2, 0.25) is 0 Å². The van der Waals surface area contributed by atoms with Gasteiger partial charge in [0.05, 0.1) is 12.3 Å². The summed E-state index contributed by atoms with van der Waals surface area (Å²) in [5.41, 5.74) is 4.22. The Morgan fingerprint density at radius 2 is 2.03 bits per heavy atom. The number of anilines is 1. The zero-order valence-electron chi connectivity index (χ0n) is 19.1. The number of fused-ring (bicyclic) bond motifs is 1. The molecule has 0 saturated carbocycles. The van der Waals surface area contributed by atoms with Crippen LogP contribution in [0.25, 0.3) is 21.6 Å². The fourth-order valence-corrected chi connectivity index (χ4v) is 5.26. The summed E-state index contributed by atoms with van der Waals surface area (Å²) in [5.74, 6) is 0.874. The summed E-state index contributed by atoms with van der Waals surface area (Å²) >= 11 is 1.55. The van der Waals surface area contributed by atoms with Crippen molar-refractivity contribution in [2.75, 3.05) is 51.8 Å². The van der Waals surface area contributed by atoms with E-state index >= 15 is 0 Å². The molecule has 172 valence electrons. The highest BCUT2D eigenvalue weighted by atomic mass is 32.1. The average molecular weight is 464 g/mol. The second kappa shape index (κ2) is 9.94. The van der Waals surface area contributed by atoms with Crippen LogP contribution in [0.5, 0.6) is 0 Å². The van der Waals surface area contributed by atoms with E-state index in [1.54, 1.807) is 30.8 Å². The van der Waals surface area contributed by atoms with Gasteiger partial charge in [0, 0.05) is 76.0 Å². The highest BCUT2D eigenvalue weighted by Gasteiger charge is 2.26. The quantitative estimate of drug-likeness (QED) is 0.599. The molecule has 0 amide bonds. The van der Waals surface area contributed by atoms with E-state index in [0.717, 1.165) is 78.3 Å². The van der Waals surface area contributed by atoms with Gasteiger partial charge in [-0.1, -0.05) is 11.3 Å². The van der Waals surface area contributed by atoms with Gasteiger partial charge in [0.1, 0.15) is 16.2 Å². The molecule has 0 unspecified atom stereocenters. The number of nitrogens with zero attached hydrogens (tertiary/aromatic N) is 6. The zero-order chi connectivity index (χ0) is 22.6. The Balaban J connectivity index is 1.28. The third-order valence-corrected chi connectivity index (χ3v) is 6.99. The molecule has 0 spiro atoms. The summed E-state index contributed by atoms with van der Waals surface area (Å²) in [5, 5.41) is 4.25. The fourth-order valence-electron chi connectivity index (χ4n) is 4.42. The smallest absolute Gasteiger partial charge is 0.190 e. The number of aliphatic imine (C=N–C) groups is 1. The third-order valence-electron chi connectivity index (χ3n) is 6.11. The number of piperazine rings is 1. The predicted octanol–water partition coefficient (Wildman–Crippen LogP) is 3.50. The summed E-state index contributed by atoms with van der Waals surface area (Å²) in [6, 6.07) is 8.44. The van der Waals surface area contributed by atoms with Gasteiger partial charge >= 0.3 is 0 Å². The first kappa shape index (κ1) is 21.9. The molecule has 1 saturated heterocycles. The Labute approximate surface area is 198 Å². The van der Waals surface area contributed by atoms with Crippen molar-refractivity contribution >= 4 is 32.7 Å². The maximum absolute atomic E-state index is 5.24. The number of nitrogens with one attached hydrogen (secondary N) is 1. The van der Waals surface area contributed by atoms with Crippen LogP contribution in [-0.2, 0) is 4.74 Å². The number of methoxy groups -OCH3 is 1. The number of dihydropyridines is 1. The van der Waals surface area contributed by atoms with Gasteiger partial charge in [0.25, 0.3) is 0 Å². The van der Waals surface area contributed by atoms with Crippen LogP contribution in [0.4, 0.5) is 5.13 Å². The normalized spacial score (nSPS) is 19.5. The maximum atomic E-state index is 5.24. The number of rotatable bonds is 6. The van der Waals surface area contributed by atoms with Crippen molar-refractivity contribution in [2.24, 2.45) is 4.99 Å². The van der Waals surface area contributed by atoms with Crippen molar-refractivity contribution in [3.05, 3.63) is 48.4 Å². The molecule has 1 N–H and O–H groups in total. The number of amidine groups is 1. The van der Waals surface area contributed by atoms with Gasteiger partial charge in [-0.05, 0) is 37.3 Å². The summed E-state index contributed by atoms with van der Waals surface area (Å²) < 4.78 is 5.24. The van der Waals surface area contributed by atoms with Crippen molar-refractivity contribution in [1.29, 1.82) is 0 Å². The molecule has 0 aromatic carbocycles. The van der Waals surface area contributed by atoms with Crippen LogP contribution in [-0.4, -0.2) is 83.1 Å². The fraction of sp³-hybridized carbons (Fsp3) is 0.417. The standard InChI is InChI=1S/C24H29N7OS/c1-17-16-30(13-14-32-2)11-12-31(17)19-7-10-26-22(15-19)29-24-28-21-4-3-20(27-23(21)33-24)18-5-8-25-9-6-18/h3-6,8-9,15,17H,7,10-14,16H2,1-2H3,(H,26,28,29)/t17-/m0/s1. The van der Waals surface area contributed by atoms with Gasteiger partial charge < -0.3 is 15.0 Å². The van der Waals surface area contributed by atoms with Crippen molar-refractivity contribution < 1.29 is 4.74 Å². The predicted molar refractivity (Wildman–Crippen MR) is 134 cm³/mol. The number of pyridine rings is 2. The average Bonchev–Trinajstić information content (AvgIpc) is 3.25. The van der Waals surface area contributed by atoms with E-state index in [0.29, 0.717) is 6.04 Å².